The molecular weight excluding hydrogens is 176 g/mol. The molecule has 1 aromatic rings. The van der Waals surface area contributed by atoms with Crippen LogP contribution >= 0.6 is 11.6 Å². The number of aromatic nitrogens is 1. The van der Waals surface area contributed by atoms with Crippen molar-refractivity contribution in [1.29, 1.82) is 0 Å². The number of hydrogen-bond acceptors (Lipinski definition) is 3. The lowest BCUT2D eigenvalue weighted by molar-refractivity contribution is 0.186. The summed E-state index contributed by atoms with van der Waals surface area (Å²) in [5.74, 6) is 0. The highest BCUT2D eigenvalue weighted by molar-refractivity contribution is 6.30. The molecule has 0 aromatic carbocycles. The quantitative estimate of drug-likeness (QED) is 0.679. The van der Waals surface area contributed by atoms with Gasteiger partial charge in [0.1, 0.15) is 5.15 Å². The molecule has 0 radical (unpaired) electrons. The van der Waals surface area contributed by atoms with Crippen LogP contribution in [0.25, 0.3) is 0 Å². The Morgan fingerprint density at radius 3 is 2.83 bits per heavy atom. The van der Waals surface area contributed by atoms with Gasteiger partial charge in [-0.1, -0.05) is 17.7 Å². The normalized spacial score (nSPS) is 13.0. The largest absolute Gasteiger partial charge is 0.387 e. The van der Waals surface area contributed by atoms with Crippen LogP contribution in [0.1, 0.15) is 17.4 Å². The van der Waals surface area contributed by atoms with Crippen LogP contribution in [-0.4, -0.2) is 16.6 Å². The van der Waals surface area contributed by atoms with Gasteiger partial charge in [0, 0.05) is 17.8 Å². The van der Waals surface area contributed by atoms with E-state index in [2.05, 4.69) is 4.98 Å². The summed E-state index contributed by atoms with van der Waals surface area (Å²) >= 11 is 5.78. The number of aryl methyl sites for hydroxylation is 1. The van der Waals surface area contributed by atoms with E-state index in [0.29, 0.717) is 10.7 Å². The van der Waals surface area contributed by atoms with Crippen molar-refractivity contribution in [2.24, 2.45) is 5.73 Å². The molecule has 1 aromatic heterocycles. The fourth-order valence-electron chi connectivity index (χ4n) is 0.911. The van der Waals surface area contributed by atoms with Crippen molar-refractivity contribution in [2.75, 3.05) is 6.54 Å². The molecule has 0 aliphatic carbocycles. The van der Waals surface area contributed by atoms with Crippen molar-refractivity contribution in [3.63, 3.8) is 0 Å². The fraction of sp³-hybridized carbons (Fsp3) is 0.375. The average Bonchev–Trinajstić information content (AvgIpc) is 2.03. The van der Waals surface area contributed by atoms with E-state index in [9.17, 15) is 5.11 Å². The molecule has 4 heteroatoms. The van der Waals surface area contributed by atoms with Gasteiger partial charge in [-0.2, -0.15) is 0 Å². The minimum Gasteiger partial charge on any atom is -0.387 e. The second-order valence-electron chi connectivity index (χ2n) is 2.58. The van der Waals surface area contributed by atoms with Gasteiger partial charge in [-0.25, -0.2) is 4.98 Å². The minimum atomic E-state index is -0.717. The minimum absolute atomic E-state index is 0.157. The number of nitrogens with zero attached hydrogens (tertiary/aromatic N) is 1. The zero-order chi connectivity index (χ0) is 9.14. The number of hydrogen-bond donors (Lipinski definition) is 2. The average molecular weight is 187 g/mol. The van der Waals surface area contributed by atoms with Gasteiger partial charge in [-0.15, -0.1) is 0 Å². The van der Waals surface area contributed by atoms with Gasteiger partial charge in [0.25, 0.3) is 0 Å². The van der Waals surface area contributed by atoms with E-state index < -0.39 is 6.10 Å². The molecule has 0 unspecified atom stereocenters. The predicted molar refractivity (Wildman–Crippen MR) is 48.0 cm³/mol. The van der Waals surface area contributed by atoms with E-state index in [0.717, 1.165) is 5.69 Å². The standard InChI is InChI=1S/C8H11ClN2O/c1-5-2-3-6(7(12)4-10)8(9)11-5/h2-3,7,12H,4,10H2,1H3/t7-/m0/s1. The van der Waals surface area contributed by atoms with Crippen LogP contribution in [0.3, 0.4) is 0 Å². The number of rotatable bonds is 2. The number of pyridine rings is 1. The maximum Gasteiger partial charge on any atom is 0.135 e. The van der Waals surface area contributed by atoms with Crippen molar-refractivity contribution >= 4 is 11.6 Å². The van der Waals surface area contributed by atoms with Crippen LogP contribution in [0.2, 0.25) is 5.15 Å². The number of aliphatic hydroxyl groups is 1. The molecule has 0 amide bonds. The second-order valence-corrected chi connectivity index (χ2v) is 2.94. The molecule has 1 atom stereocenters. The van der Waals surface area contributed by atoms with Gasteiger partial charge in [-0.05, 0) is 13.0 Å². The number of halogens is 1. The highest BCUT2D eigenvalue weighted by Crippen LogP contribution is 2.20. The molecule has 1 rings (SSSR count). The van der Waals surface area contributed by atoms with E-state index >= 15 is 0 Å². The molecule has 0 spiro atoms. The number of nitrogens with two attached hydrogens (primary N) is 1. The van der Waals surface area contributed by atoms with Crippen LogP contribution in [-0.2, 0) is 0 Å². The highest BCUT2D eigenvalue weighted by atomic mass is 35.5. The summed E-state index contributed by atoms with van der Waals surface area (Å²) in [5.41, 5.74) is 6.69. The third-order valence-electron chi connectivity index (χ3n) is 1.60. The monoisotopic (exact) mass is 186 g/mol. The van der Waals surface area contributed by atoms with E-state index in [4.69, 9.17) is 17.3 Å². The summed E-state index contributed by atoms with van der Waals surface area (Å²) in [5, 5.41) is 9.68. The lowest BCUT2D eigenvalue weighted by atomic mass is 10.1. The predicted octanol–water partition coefficient (Wildman–Crippen LogP) is 1.04. The summed E-state index contributed by atoms with van der Waals surface area (Å²) in [7, 11) is 0. The van der Waals surface area contributed by atoms with E-state index in [1.807, 2.05) is 6.92 Å². The molecule has 66 valence electrons. The molecular formula is C8H11ClN2O. The van der Waals surface area contributed by atoms with Crippen molar-refractivity contribution in [3.8, 4) is 0 Å². The topological polar surface area (TPSA) is 59.1 Å². The molecule has 0 bridgehead atoms. The van der Waals surface area contributed by atoms with Crippen molar-refractivity contribution < 1.29 is 5.11 Å². The molecule has 0 aliphatic heterocycles. The second kappa shape index (κ2) is 3.85. The molecule has 0 aliphatic rings. The van der Waals surface area contributed by atoms with Gasteiger partial charge in [-0.3, -0.25) is 0 Å². The van der Waals surface area contributed by atoms with Gasteiger partial charge < -0.3 is 10.8 Å². The Hall–Kier alpha value is -0.640. The molecule has 12 heavy (non-hydrogen) atoms. The third-order valence-corrected chi connectivity index (χ3v) is 1.90. The van der Waals surface area contributed by atoms with Gasteiger partial charge >= 0.3 is 0 Å². The van der Waals surface area contributed by atoms with Crippen molar-refractivity contribution in [1.82, 2.24) is 4.98 Å². The molecule has 3 nitrogen and oxygen atoms in total. The summed E-state index contributed by atoms with van der Waals surface area (Å²) in [6.45, 7) is 1.99. The number of aliphatic hydroxyl groups excluding tert-OH is 1. The van der Waals surface area contributed by atoms with Gasteiger partial charge in [0.05, 0.1) is 6.10 Å². The smallest absolute Gasteiger partial charge is 0.135 e. The Morgan fingerprint density at radius 1 is 1.67 bits per heavy atom. The first kappa shape index (κ1) is 9.45. The fourth-order valence-corrected chi connectivity index (χ4v) is 1.23. The molecule has 0 fully saturated rings. The zero-order valence-electron chi connectivity index (χ0n) is 6.79. The third kappa shape index (κ3) is 1.94. The maximum absolute atomic E-state index is 9.35. The van der Waals surface area contributed by atoms with E-state index in [-0.39, 0.29) is 6.54 Å². The molecule has 3 N–H and O–H groups in total. The van der Waals surface area contributed by atoms with E-state index in [1.165, 1.54) is 0 Å². The Balaban J connectivity index is 3.01. The summed E-state index contributed by atoms with van der Waals surface area (Å²) < 4.78 is 0. The Labute approximate surface area is 76.2 Å². The molecule has 1 heterocycles. The lowest BCUT2D eigenvalue weighted by Crippen LogP contribution is -2.12. The van der Waals surface area contributed by atoms with Crippen LogP contribution in [0.4, 0.5) is 0 Å². The Morgan fingerprint density at radius 2 is 2.33 bits per heavy atom. The maximum atomic E-state index is 9.35. The summed E-state index contributed by atoms with van der Waals surface area (Å²) in [4.78, 5) is 3.99. The van der Waals surface area contributed by atoms with Gasteiger partial charge in [0.15, 0.2) is 0 Å². The van der Waals surface area contributed by atoms with Crippen LogP contribution in [0, 0.1) is 6.92 Å². The molecule has 0 saturated carbocycles. The van der Waals surface area contributed by atoms with Crippen LogP contribution in [0.5, 0.6) is 0 Å². The zero-order valence-corrected chi connectivity index (χ0v) is 7.54. The SMILES string of the molecule is Cc1ccc([C@@H](O)CN)c(Cl)n1. The lowest BCUT2D eigenvalue weighted by Gasteiger charge is -2.09. The van der Waals surface area contributed by atoms with Gasteiger partial charge in [0.2, 0.25) is 0 Å². The first-order valence-corrected chi connectivity index (χ1v) is 4.04. The first-order valence-electron chi connectivity index (χ1n) is 3.66. The van der Waals surface area contributed by atoms with E-state index in [1.54, 1.807) is 12.1 Å². The first-order chi connectivity index (χ1) is 5.65. The molecule has 0 saturated heterocycles. The van der Waals surface area contributed by atoms with Crippen molar-refractivity contribution in [2.45, 2.75) is 13.0 Å². The summed E-state index contributed by atoms with van der Waals surface area (Å²) in [6.07, 6.45) is -0.717. The Kier molecular flexibility index (Phi) is 3.03. The van der Waals surface area contributed by atoms with Crippen molar-refractivity contribution in [3.05, 3.63) is 28.5 Å². The highest BCUT2D eigenvalue weighted by Gasteiger charge is 2.09. The Bertz CT molecular complexity index is 278. The van der Waals surface area contributed by atoms with Crippen LogP contribution in [0.15, 0.2) is 12.1 Å². The van der Waals surface area contributed by atoms with Crippen LogP contribution < -0.4 is 5.73 Å². The summed E-state index contributed by atoms with van der Waals surface area (Å²) in [6, 6.07) is 3.53.